The molecule has 1 aromatic heterocycles. The van der Waals surface area contributed by atoms with Gasteiger partial charge in [-0.05, 0) is 19.3 Å². The van der Waals surface area contributed by atoms with Gasteiger partial charge in [0.1, 0.15) is 15.6 Å². The molecule has 7 heteroatoms. The number of nitrogens with two attached hydrogens (primary N) is 1. The van der Waals surface area contributed by atoms with Gasteiger partial charge in [0, 0.05) is 26.3 Å². The average molecular weight is 299 g/mol. The summed E-state index contributed by atoms with van der Waals surface area (Å²) < 4.78 is 10.3. The largest absolute Gasteiger partial charge is 0.492 e. The van der Waals surface area contributed by atoms with E-state index < -0.39 is 0 Å². The maximum Gasteiger partial charge on any atom is 0.263 e. The van der Waals surface area contributed by atoms with Gasteiger partial charge in [0.2, 0.25) is 0 Å². The zero-order chi connectivity index (χ0) is 14.5. The summed E-state index contributed by atoms with van der Waals surface area (Å²) in [5.41, 5.74) is 6.41. The number of methoxy groups -OCH3 is 2. The van der Waals surface area contributed by atoms with Crippen molar-refractivity contribution >= 4 is 27.9 Å². The SMILES string of the molecule is COCCCNc1sc(C(=O)NC2CC2)c(N)c1OC. The van der Waals surface area contributed by atoms with Gasteiger partial charge in [0.05, 0.1) is 7.11 Å². The molecule has 1 heterocycles. The van der Waals surface area contributed by atoms with Gasteiger partial charge in [-0.25, -0.2) is 0 Å². The van der Waals surface area contributed by atoms with E-state index in [1.807, 2.05) is 0 Å². The molecule has 1 aromatic rings. The Morgan fingerprint density at radius 3 is 2.80 bits per heavy atom. The van der Waals surface area contributed by atoms with Gasteiger partial charge in [-0.3, -0.25) is 4.79 Å². The van der Waals surface area contributed by atoms with Crippen LogP contribution in [-0.2, 0) is 4.74 Å². The quantitative estimate of drug-likeness (QED) is 0.636. The Hall–Kier alpha value is -1.47. The van der Waals surface area contributed by atoms with Crippen LogP contribution < -0.4 is 21.1 Å². The highest BCUT2D eigenvalue weighted by Gasteiger charge is 2.27. The molecule has 0 aliphatic heterocycles. The number of hydrogen-bond donors (Lipinski definition) is 3. The van der Waals surface area contributed by atoms with Crippen molar-refractivity contribution in [3.8, 4) is 5.75 Å². The second-order valence-corrected chi connectivity index (χ2v) is 5.75. The monoisotopic (exact) mass is 299 g/mol. The van der Waals surface area contributed by atoms with Crippen LogP contribution in [0.15, 0.2) is 0 Å². The van der Waals surface area contributed by atoms with Gasteiger partial charge in [0.15, 0.2) is 5.75 Å². The molecule has 0 atom stereocenters. The second kappa shape index (κ2) is 6.81. The van der Waals surface area contributed by atoms with E-state index in [-0.39, 0.29) is 5.91 Å². The summed E-state index contributed by atoms with van der Waals surface area (Å²) in [4.78, 5) is 12.6. The van der Waals surface area contributed by atoms with Crippen LogP contribution in [0.3, 0.4) is 0 Å². The third-order valence-electron chi connectivity index (χ3n) is 3.03. The van der Waals surface area contributed by atoms with Crippen molar-refractivity contribution in [1.29, 1.82) is 0 Å². The van der Waals surface area contributed by atoms with Crippen LogP contribution >= 0.6 is 11.3 Å². The van der Waals surface area contributed by atoms with Crippen LogP contribution in [0.25, 0.3) is 0 Å². The lowest BCUT2D eigenvalue weighted by Crippen LogP contribution is -2.25. The standard InChI is InChI=1S/C13H21N3O3S/c1-18-7-3-6-15-13-10(19-2)9(14)11(20-13)12(17)16-8-4-5-8/h8,15H,3-7,14H2,1-2H3,(H,16,17). The third-order valence-corrected chi connectivity index (χ3v) is 4.18. The first-order chi connectivity index (χ1) is 9.67. The van der Waals surface area contributed by atoms with E-state index in [4.69, 9.17) is 15.2 Å². The molecule has 4 N–H and O–H groups in total. The summed E-state index contributed by atoms with van der Waals surface area (Å²) in [6.45, 7) is 1.43. The molecular weight excluding hydrogens is 278 g/mol. The number of nitrogens with one attached hydrogen (secondary N) is 2. The minimum absolute atomic E-state index is 0.113. The molecule has 2 rings (SSSR count). The van der Waals surface area contributed by atoms with Crippen LogP contribution in [-0.4, -0.2) is 39.3 Å². The Kier molecular flexibility index (Phi) is 5.08. The Bertz CT molecular complexity index is 472. The molecule has 0 radical (unpaired) electrons. The summed E-state index contributed by atoms with van der Waals surface area (Å²) in [5, 5.41) is 6.97. The fourth-order valence-electron chi connectivity index (χ4n) is 1.81. The number of ether oxygens (including phenoxy) is 2. The lowest BCUT2D eigenvalue weighted by molar-refractivity contribution is 0.0956. The minimum atomic E-state index is -0.113. The molecule has 1 aliphatic carbocycles. The van der Waals surface area contributed by atoms with Crippen LogP contribution in [0.1, 0.15) is 28.9 Å². The molecule has 20 heavy (non-hydrogen) atoms. The van der Waals surface area contributed by atoms with Gasteiger partial charge >= 0.3 is 0 Å². The summed E-state index contributed by atoms with van der Waals surface area (Å²) in [7, 11) is 3.23. The highest BCUT2D eigenvalue weighted by atomic mass is 32.1. The zero-order valence-electron chi connectivity index (χ0n) is 11.8. The fourth-order valence-corrected chi connectivity index (χ4v) is 2.83. The molecule has 0 spiro atoms. The highest BCUT2D eigenvalue weighted by Crippen LogP contribution is 2.42. The van der Waals surface area contributed by atoms with E-state index >= 15 is 0 Å². The van der Waals surface area contributed by atoms with Gasteiger partial charge in [-0.1, -0.05) is 0 Å². The molecule has 0 unspecified atom stereocenters. The lowest BCUT2D eigenvalue weighted by Gasteiger charge is -2.06. The van der Waals surface area contributed by atoms with E-state index in [9.17, 15) is 4.79 Å². The van der Waals surface area contributed by atoms with E-state index in [0.717, 1.165) is 30.8 Å². The predicted octanol–water partition coefficient (Wildman–Crippen LogP) is 1.68. The maximum atomic E-state index is 12.1. The molecule has 0 bridgehead atoms. The van der Waals surface area contributed by atoms with Crippen molar-refractivity contribution < 1.29 is 14.3 Å². The number of anilines is 2. The highest BCUT2D eigenvalue weighted by molar-refractivity contribution is 7.19. The topological polar surface area (TPSA) is 85.6 Å². The van der Waals surface area contributed by atoms with Crippen LogP contribution in [0.2, 0.25) is 0 Å². The number of amides is 1. The van der Waals surface area contributed by atoms with Gasteiger partial charge in [0.25, 0.3) is 5.91 Å². The Labute approximate surface area is 122 Å². The number of thiophene rings is 1. The fraction of sp³-hybridized carbons (Fsp3) is 0.615. The molecular formula is C13H21N3O3S. The first-order valence-corrected chi connectivity index (χ1v) is 7.49. The second-order valence-electron chi connectivity index (χ2n) is 4.73. The normalized spacial score (nSPS) is 14.1. The molecule has 1 saturated carbocycles. The molecule has 1 aliphatic rings. The van der Waals surface area contributed by atoms with E-state index in [1.54, 1.807) is 14.2 Å². The van der Waals surface area contributed by atoms with Gasteiger partial charge < -0.3 is 25.8 Å². The molecule has 1 amide bonds. The molecule has 1 fully saturated rings. The lowest BCUT2D eigenvalue weighted by atomic mass is 10.3. The van der Waals surface area contributed by atoms with E-state index in [2.05, 4.69) is 10.6 Å². The van der Waals surface area contributed by atoms with Crippen molar-refractivity contribution in [3.05, 3.63) is 4.88 Å². The summed E-state index contributed by atoms with van der Waals surface area (Å²) >= 11 is 1.33. The first kappa shape index (κ1) is 14.9. The van der Waals surface area contributed by atoms with Crippen molar-refractivity contribution in [2.45, 2.75) is 25.3 Å². The van der Waals surface area contributed by atoms with Crippen molar-refractivity contribution in [2.75, 3.05) is 38.4 Å². The number of carbonyl (C=O) groups is 1. The molecule has 112 valence electrons. The zero-order valence-corrected chi connectivity index (χ0v) is 12.6. The smallest absolute Gasteiger partial charge is 0.263 e. The Balaban J connectivity index is 2.04. The summed E-state index contributed by atoms with van der Waals surface area (Å²) in [6, 6.07) is 0.313. The van der Waals surface area contributed by atoms with Crippen molar-refractivity contribution in [2.24, 2.45) is 0 Å². The molecule has 6 nitrogen and oxygen atoms in total. The number of carbonyl (C=O) groups excluding carboxylic acids is 1. The third kappa shape index (κ3) is 3.55. The molecule has 0 aromatic carbocycles. The minimum Gasteiger partial charge on any atom is -0.492 e. The van der Waals surface area contributed by atoms with Crippen LogP contribution in [0.5, 0.6) is 5.75 Å². The first-order valence-electron chi connectivity index (χ1n) is 6.67. The summed E-state index contributed by atoms with van der Waals surface area (Å²) in [5.74, 6) is 0.437. The van der Waals surface area contributed by atoms with E-state index in [0.29, 0.717) is 29.0 Å². The van der Waals surface area contributed by atoms with E-state index in [1.165, 1.54) is 11.3 Å². The Morgan fingerprint density at radius 2 is 2.20 bits per heavy atom. The number of nitrogen functional groups attached to an aromatic ring is 1. The summed E-state index contributed by atoms with van der Waals surface area (Å²) in [6.07, 6.45) is 2.98. The molecule has 0 saturated heterocycles. The maximum absolute atomic E-state index is 12.1. The van der Waals surface area contributed by atoms with Crippen molar-refractivity contribution in [1.82, 2.24) is 5.32 Å². The van der Waals surface area contributed by atoms with Gasteiger partial charge in [-0.2, -0.15) is 0 Å². The van der Waals surface area contributed by atoms with Crippen molar-refractivity contribution in [3.63, 3.8) is 0 Å². The number of hydrogen-bond acceptors (Lipinski definition) is 6. The van der Waals surface area contributed by atoms with Crippen LogP contribution in [0.4, 0.5) is 10.7 Å². The Morgan fingerprint density at radius 1 is 1.45 bits per heavy atom. The average Bonchev–Trinajstić information content (AvgIpc) is 3.18. The number of rotatable bonds is 8. The van der Waals surface area contributed by atoms with Crippen LogP contribution in [0, 0.1) is 0 Å². The van der Waals surface area contributed by atoms with Gasteiger partial charge in [-0.15, -0.1) is 11.3 Å². The predicted molar refractivity (Wildman–Crippen MR) is 80.8 cm³/mol.